The molecule has 2 rings (SSSR count). The lowest BCUT2D eigenvalue weighted by atomic mass is 9.92. The van der Waals surface area contributed by atoms with E-state index in [0.29, 0.717) is 16.9 Å². The van der Waals surface area contributed by atoms with Crippen molar-refractivity contribution in [2.45, 2.75) is 39.7 Å². The summed E-state index contributed by atoms with van der Waals surface area (Å²) in [4.78, 5) is 4.98. The number of aromatic nitrogens is 1. The zero-order valence-corrected chi connectivity index (χ0v) is 13.2. The van der Waals surface area contributed by atoms with E-state index in [-0.39, 0.29) is 0 Å². The average Bonchev–Trinajstić information content (AvgIpc) is 2.38. The molecule has 0 radical (unpaired) electrons. The Kier molecular flexibility index (Phi) is 4.94. The topological polar surface area (TPSA) is 60.2 Å². The van der Waals surface area contributed by atoms with Crippen molar-refractivity contribution in [1.29, 1.82) is 0 Å². The number of pyridine rings is 1. The summed E-state index contributed by atoms with van der Waals surface area (Å²) in [5, 5.41) is 3.51. The lowest BCUT2D eigenvalue weighted by molar-refractivity contribution is 0.0622. The minimum atomic E-state index is 0.334. The first-order valence-corrected chi connectivity index (χ1v) is 7.52. The number of hydrogen-bond donors (Lipinski definition) is 2. The van der Waals surface area contributed by atoms with E-state index in [2.05, 4.69) is 17.2 Å². The highest BCUT2D eigenvalue weighted by Crippen LogP contribution is 2.24. The third kappa shape index (κ3) is 3.46. The fraction of sp³-hybridized carbons (Fsp3) is 0.600. The molecule has 2 heterocycles. The van der Waals surface area contributed by atoms with E-state index in [1.54, 1.807) is 0 Å². The molecule has 1 aromatic rings. The number of hydrogen-bond acceptors (Lipinski definition) is 4. The summed E-state index contributed by atoms with van der Waals surface area (Å²) in [7, 11) is 0. The van der Waals surface area contributed by atoms with Gasteiger partial charge in [-0.1, -0.05) is 12.2 Å². The molecule has 0 spiro atoms. The molecular formula is C15H23N3OS. The van der Waals surface area contributed by atoms with Crippen molar-refractivity contribution in [2.75, 3.05) is 18.5 Å². The van der Waals surface area contributed by atoms with Crippen molar-refractivity contribution < 1.29 is 4.74 Å². The van der Waals surface area contributed by atoms with Crippen LogP contribution >= 0.6 is 12.2 Å². The maximum Gasteiger partial charge on any atom is 0.136 e. The monoisotopic (exact) mass is 293 g/mol. The molecule has 0 amide bonds. The molecule has 1 atom stereocenters. The van der Waals surface area contributed by atoms with Crippen LogP contribution in [0, 0.1) is 19.8 Å². The first-order chi connectivity index (χ1) is 9.49. The van der Waals surface area contributed by atoms with Gasteiger partial charge >= 0.3 is 0 Å². The zero-order chi connectivity index (χ0) is 14.7. The molecule has 0 saturated carbocycles. The van der Waals surface area contributed by atoms with Crippen LogP contribution in [0.15, 0.2) is 6.07 Å². The number of rotatable bonds is 4. The van der Waals surface area contributed by atoms with Crippen LogP contribution in [0.4, 0.5) is 5.82 Å². The van der Waals surface area contributed by atoms with Gasteiger partial charge in [0.25, 0.3) is 0 Å². The van der Waals surface area contributed by atoms with Crippen LogP contribution in [0.2, 0.25) is 0 Å². The van der Waals surface area contributed by atoms with Gasteiger partial charge in [0, 0.05) is 24.9 Å². The summed E-state index contributed by atoms with van der Waals surface area (Å²) in [5.41, 5.74) is 8.77. The van der Waals surface area contributed by atoms with Gasteiger partial charge in [-0.05, 0) is 51.2 Å². The Balaban J connectivity index is 2.21. The first kappa shape index (κ1) is 15.2. The quantitative estimate of drug-likeness (QED) is 0.836. The fourth-order valence-electron chi connectivity index (χ4n) is 2.80. The Morgan fingerprint density at radius 2 is 2.10 bits per heavy atom. The van der Waals surface area contributed by atoms with Gasteiger partial charge in [0.05, 0.1) is 5.56 Å². The predicted molar refractivity (Wildman–Crippen MR) is 86.2 cm³/mol. The van der Waals surface area contributed by atoms with Gasteiger partial charge in [-0.3, -0.25) is 0 Å². The number of nitrogens with two attached hydrogens (primary N) is 1. The van der Waals surface area contributed by atoms with Crippen LogP contribution in [0.25, 0.3) is 0 Å². The summed E-state index contributed by atoms with van der Waals surface area (Å²) in [6, 6.07) is 2.35. The Bertz CT molecular complexity index is 498. The third-order valence-corrected chi connectivity index (χ3v) is 4.13. The molecule has 4 nitrogen and oxygen atoms in total. The van der Waals surface area contributed by atoms with Crippen molar-refractivity contribution in [3.8, 4) is 0 Å². The van der Waals surface area contributed by atoms with E-state index < -0.39 is 0 Å². The second kappa shape index (κ2) is 6.50. The summed E-state index contributed by atoms with van der Waals surface area (Å²) in [6.07, 6.45) is 2.17. The first-order valence-electron chi connectivity index (χ1n) is 7.11. The highest BCUT2D eigenvalue weighted by molar-refractivity contribution is 7.80. The second-order valence-corrected chi connectivity index (χ2v) is 5.99. The third-order valence-electron chi connectivity index (χ3n) is 3.93. The standard InChI is InChI=1S/C15H23N3OS/c1-9-8-10(2)17-15(13(9)14(16)20)18-11(3)12-4-6-19-7-5-12/h8,11-12H,4-7H2,1-3H3,(H2,16,20)(H,17,18). The van der Waals surface area contributed by atoms with Gasteiger partial charge in [0.1, 0.15) is 10.8 Å². The molecule has 1 saturated heterocycles. The molecular weight excluding hydrogens is 270 g/mol. The summed E-state index contributed by atoms with van der Waals surface area (Å²) < 4.78 is 5.42. The van der Waals surface area contributed by atoms with Crippen molar-refractivity contribution in [2.24, 2.45) is 11.7 Å². The number of thiocarbonyl (C=S) groups is 1. The van der Waals surface area contributed by atoms with Crippen LogP contribution in [-0.4, -0.2) is 29.2 Å². The molecule has 1 aliphatic heterocycles. The molecule has 1 aliphatic rings. The Morgan fingerprint density at radius 3 is 2.70 bits per heavy atom. The molecule has 1 unspecified atom stereocenters. The van der Waals surface area contributed by atoms with Crippen LogP contribution in [0.3, 0.4) is 0 Å². The maximum atomic E-state index is 5.85. The van der Waals surface area contributed by atoms with Gasteiger partial charge in [-0.25, -0.2) is 4.98 Å². The number of anilines is 1. The number of nitrogens with one attached hydrogen (secondary N) is 1. The van der Waals surface area contributed by atoms with E-state index in [4.69, 9.17) is 22.7 Å². The molecule has 20 heavy (non-hydrogen) atoms. The Hall–Kier alpha value is -1.20. The zero-order valence-electron chi connectivity index (χ0n) is 12.4. The van der Waals surface area contributed by atoms with Gasteiger partial charge in [-0.15, -0.1) is 0 Å². The molecule has 3 N–H and O–H groups in total. The summed E-state index contributed by atoms with van der Waals surface area (Å²) >= 11 is 5.17. The molecule has 0 aromatic carbocycles. The van der Waals surface area contributed by atoms with Crippen LogP contribution in [-0.2, 0) is 4.74 Å². The molecule has 1 aromatic heterocycles. The van der Waals surface area contributed by atoms with E-state index in [1.807, 2.05) is 19.9 Å². The van der Waals surface area contributed by atoms with Crippen molar-refractivity contribution >= 4 is 23.0 Å². The van der Waals surface area contributed by atoms with Gasteiger partial charge in [0.15, 0.2) is 0 Å². The minimum absolute atomic E-state index is 0.334. The van der Waals surface area contributed by atoms with Crippen molar-refractivity contribution in [3.63, 3.8) is 0 Å². The van der Waals surface area contributed by atoms with Gasteiger partial charge in [0.2, 0.25) is 0 Å². The van der Waals surface area contributed by atoms with E-state index in [1.165, 1.54) is 0 Å². The van der Waals surface area contributed by atoms with E-state index in [9.17, 15) is 0 Å². The Morgan fingerprint density at radius 1 is 1.45 bits per heavy atom. The molecule has 5 heteroatoms. The number of nitrogens with zero attached hydrogens (tertiary/aromatic N) is 1. The second-order valence-electron chi connectivity index (χ2n) is 5.55. The van der Waals surface area contributed by atoms with E-state index >= 15 is 0 Å². The fourth-order valence-corrected chi connectivity index (χ4v) is 3.06. The minimum Gasteiger partial charge on any atom is -0.389 e. The molecule has 110 valence electrons. The smallest absolute Gasteiger partial charge is 0.136 e. The Labute approximate surface area is 126 Å². The normalized spacial score (nSPS) is 17.8. The van der Waals surface area contributed by atoms with Crippen molar-refractivity contribution in [1.82, 2.24) is 4.98 Å². The average molecular weight is 293 g/mol. The largest absolute Gasteiger partial charge is 0.389 e. The van der Waals surface area contributed by atoms with Crippen molar-refractivity contribution in [3.05, 3.63) is 22.9 Å². The van der Waals surface area contributed by atoms with E-state index in [0.717, 1.165) is 48.7 Å². The van der Waals surface area contributed by atoms with Crippen LogP contribution in [0.1, 0.15) is 36.6 Å². The maximum absolute atomic E-state index is 5.85. The predicted octanol–water partition coefficient (Wildman–Crippen LogP) is 2.56. The van der Waals surface area contributed by atoms with Gasteiger partial charge in [-0.2, -0.15) is 0 Å². The molecule has 0 bridgehead atoms. The summed E-state index contributed by atoms with van der Waals surface area (Å²) in [5.74, 6) is 1.42. The highest BCUT2D eigenvalue weighted by atomic mass is 32.1. The van der Waals surface area contributed by atoms with Crippen LogP contribution in [0.5, 0.6) is 0 Å². The van der Waals surface area contributed by atoms with Crippen LogP contribution < -0.4 is 11.1 Å². The molecule has 1 fully saturated rings. The summed E-state index contributed by atoms with van der Waals surface area (Å²) in [6.45, 7) is 7.89. The SMILES string of the molecule is Cc1cc(C)c(C(N)=S)c(NC(C)C2CCOCC2)n1. The highest BCUT2D eigenvalue weighted by Gasteiger charge is 2.22. The number of aryl methyl sites for hydroxylation is 2. The number of ether oxygens (including phenoxy) is 1. The lowest BCUT2D eigenvalue weighted by Gasteiger charge is -2.29. The lowest BCUT2D eigenvalue weighted by Crippen LogP contribution is -2.32. The molecule has 0 aliphatic carbocycles. The van der Waals surface area contributed by atoms with Gasteiger partial charge < -0.3 is 15.8 Å².